The lowest BCUT2D eigenvalue weighted by molar-refractivity contribution is -0.0680. The summed E-state index contributed by atoms with van der Waals surface area (Å²) in [6.45, 7) is 2.67. The van der Waals surface area contributed by atoms with Crippen LogP contribution in [0.1, 0.15) is 43.4 Å². The summed E-state index contributed by atoms with van der Waals surface area (Å²) in [6.07, 6.45) is 1.58. The van der Waals surface area contributed by atoms with E-state index in [1.807, 2.05) is 61.5 Å². The molecule has 4 nitrogen and oxygen atoms in total. The molecule has 3 rings (SSSR count). The molecule has 26 heavy (non-hydrogen) atoms. The van der Waals surface area contributed by atoms with Crippen LogP contribution in [-0.2, 0) is 10.3 Å². The molecular formula is C21H24ClNO3. The zero-order chi connectivity index (χ0) is 18.6. The molecule has 0 aliphatic carbocycles. The monoisotopic (exact) mass is 373 g/mol. The Morgan fingerprint density at radius 3 is 2.50 bits per heavy atom. The highest BCUT2D eigenvalue weighted by atomic mass is 35.5. The molecule has 2 atom stereocenters. The molecule has 138 valence electrons. The molecular weight excluding hydrogens is 350 g/mol. The van der Waals surface area contributed by atoms with Crippen LogP contribution in [0.2, 0.25) is 5.02 Å². The van der Waals surface area contributed by atoms with Crippen LogP contribution in [0.5, 0.6) is 0 Å². The van der Waals surface area contributed by atoms with E-state index in [2.05, 4.69) is 0 Å². The number of hydrogen-bond donors (Lipinski definition) is 1. The van der Waals surface area contributed by atoms with Gasteiger partial charge < -0.3 is 14.7 Å². The molecule has 1 heterocycles. The van der Waals surface area contributed by atoms with Gasteiger partial charge in [0, 0.05) is 24.6 Å². The van der Waals surface area contributed by atoms with Crippen molar-refractivity contribution in [3.8, 4) is 0 Å². The first-order valence-corrected chi connectivity index (χ1v) is 9.35. The zero-order valence-electron chi connectivity index (χ0n) is 14.9. The molecule has 1 aliphatic heterocycles. The first-order chi connectivity index (χ1) is 12.6. The van der Waals surface area contributed by atoms with Crippen LogP contribution in [0.4, 0.5) is 4.79 Å². The normalized spacial score (nSPS) is 21.3. The highest BCUT2D eigenvalue weighted by Gasteiger charge is 2.43. The maximum atomic E-state index is 12.8. The fourth-order valence-corrected chi connectivity index (χ4v) is 3.70. The van der Waals surface area contributed by atoms with Gasteiger partial charge in [0.25, 0.3) is 0 Å². The third-order valence-corrected chi connectivity index (χ3v) is 5.38. The highest BCUT2D eigenvalue weighted by Crippen LogP contribution is 2.40. The summed E-state index contributed by atoms with van der Waals surface area (Å²) in [4.78, 5) is 14.6. The molecule has 1 amide bonds. The largest absolute Gasteiger partial charge is 0.438 e. The van der Waals surface area contributed by atoms with E-state index >= 15 is 0 Å². The van der Waals surface area contributed by atoms with Gasteiger partial charge in [-0.25, -0.2) is 4.79 Å². The summed E-state index contributed by atoms with van der Waals surface area (Å²) in [5.74, 6) is 0. The minimum Gasteiger partial charge on any atom is -0.438 e. The zero-order valence-corrected chi connectivity index (χ0v) is 15.7. The van der Waals surface area contributed by atoms with Crippen molar-refractivity contribution in [3.05, 3.63) is 70.7 Å². The van der Waals surface area contributed by atoms with Crippen molar-refractivity contribution >= 4 is 17.7 Å². The third kappa shape index (κ3) is 3.87. The lowest BCUT2D eigenvalue weighted by Crippen LogP contribution is -2.48. The van der Waals surface area contributed by atoms with Gasteiger partial charge in [-0.15, -0.1) is 0 Å². The smallest absolute Gasteiger partial charge is 0.411 e. The number of nitrogens with zero attached hydrogens (tertiary/aromatic N) is 1. The molecule has 0 bridgehead atoms. The third-order valence-electron chi connectivity index (χ3n) is 5.13. The molecule has 0 radical (unpaired) electrons. The Hall–Kier alpha value is -2.04. The van der Waals surface area contributed by atoms with E-state index in [0.29, 0.717) is 30.8 Å². The Morgan fingerprint density at radius 1 is 1.19 bits per heavy atom. The molecule has 1 fully saturated rings. The number of ether oxygens (including phenoxy) is 1. The van der Waals surface area contributed by atoms with Crippen molar-refractivity contribution in [1.29, 1.82) is 0 Å². The van der Waals surface area contributed by atoms with Gasteiger partial charge in [0.1, 0.15) is 5.60 Å². The van der Waals surface area contributed by atoms with Gasteiger partial charge in [0.15, 0.2) is 0 Å². The number of aliphatic hydroxyl groups is 1. The molecule has 0 aromatic heterocycles. The van der Waals surface area contributed by atoms with E-state index in [-0.39, 0.29) is 18.7 Å². The number of carbonyl (C=O) groups excluding carboxylic acids is 1. The topological polar surface area (TPSA) is 49.8 Å². The fourth-order valence-electron chi connectivity index (χ4n) is 3.57. The van der Waals surface area contributed by atoms with Crippen LogP contribution < -0.4 is 0 Å². The number of rotatable bonds is 6. The first-order valence-electron chi connectivity index (χ1n) is 8.97. The first kappa shape index (κ1) is 18.7. The van der Waals surface area contributed by atoms with E-state index in [1.54, 1.807) is 4.90 Å². The number of carbonyl (C=O) groups is 1. The minimum atomic E-state index is -0.669. The van der Waals surface area contributed by atoms with Gasteiger partial charge in [-0.05, 0) is 43.0 Å². The minimum absolute atomic E-state index is 0.0804. The number of amides is 1. The second kappa shape index (κ2) is 8.11. The predicted octanol–water partition coefficient (Wildman–Crippen LogP) is 4.91. The standard InChI is InChI=1S/C21H24ClNO3/c1-16(17-8-10-19(22)11-9-17)23-14-13-21(12-5-15-24,26-20(23)25)18-6-3-2-4-7-18/h2-4,6-11,16,24H,5,12-15H2,1H3/t16-,21?/m0/s1. The van der Waals surface area contributed by atoms with Crippen LogP contribution in [0, 0.1) is 0 Å². The highest BCUT2D eigenvalue weighted by molar-refractivity contribution is 6.30. The van der Waals surface area contributed by atoms with E-state index in [0.717, 1.165) is 11.1 Å². The van der Waals surface area contributed by atoms with Gasteiger partial charge in [-0.2, -0.15) is 0 Å². The Labute approximate surface area is 159 Å². The second-order valence-corrected chi connectivity index (χ2v) is 7.16. The van der Waals surface area contributed by atoms with Crippen LogP contribution in [0.25, 0.3) is 0 Å². The van der Waals surface area contributed by atoms with Crippen molar-refractivity contribution in [3.63, 3.8) is 0 Å². The Kier molecular flexibility index (Phi) is 5.84. The van der Waals surface area contributed by atoms with Crippen LogP contribution in [0.15, 0.2) is 54.6 Å². The van der Waals surface area contributed by atoms with Gasteiger partial charge in [0.2, 0.25) is 0 Å². The van der Waals surface area contributed by atoms with Crippen molar-refractivity contribution in [1.82, 2.24) is 4.90 Å². The van der Waals surface area contributed by atoms with Gasteiger partial charge in [0.05, 0.1) is 6.04 Å². The fraction of sp³-hybridized carbons (Fsp3) is 0.381. The van der Waals surface area contributed by atoms with Crippen LogP contribution >= 0.6 is 11.6 Å². The average molecular weight is 374 g/mol. The molecule has 0 saturated carbocycles. The summed E-state index contributed by atoms with van der Waals surface area (Å²) in [6, 6.07) is 17.3. The maximum absolute atomic E-state index is 12.8. The molecule has 1 aliphatic rings. The van der Waals surface area contributed by atoms with Crippen molar-refractivity contribution in [2.45, 2.75) is 37.8 Å². The van der Waals surface area contributed by atoms with Crippen LogP contribution in [-0.4, -0.2) is 29.3 Å². The Morgan fingerprint density at radius 2 is 1.88 bits per heavy atom. The predicted molar refractivity (Wildman–Crippen MR) is 102 cm³/mol. The van der Waals surface area contributed by atoms with Crippen molar-refractivity contribution in [2.24, 2.45) is 0 Å². The lowest BCUT2D eigenvalue weighted by Gasteiger charge is -2.43. The second-order valence-electron chi connectivity index (χ2n) is 6.73. The average Bonchev–Trinajstić information content (AvgIpc) is 2.67. The van der Waals surface area contributed by atoms with Crippen LogP contribution in [0.3, 0.4) is 0 Å². The number of halogens is 1. The maximum Gasteiger partial charge on any atom is 0.411 e. The number of benzene rings is 2. The van der Waals surface area contributed by atoms with Gasteiger partial charge in [-0.3, -0.25) is 0 Å². The summed E-state index contributed by atoms with van der Waals surface area (Å²) in [5.41, 5.74) is 1.34. The van der Waals surface area contributed by atoms with Gasteiger partial charge in [-0.1, -0.05) is 54.1 Å². The molecule has 2 aromatic rings. The molecule has 5 heteroatoms. The summed E-state index contributed by atoms with van der Waals surface area (Å²) >= 11 is 5.96. The lowest BCUT2D eigenvalue weighted by atomic mass is 9.84. The summed E-state index contributed by atoms with van der Waals surface area (Å²) in [7, 11) is 0. The number of cyclic esters (lactones) is 1. The molecule has 2 aromatic carbocycles. The number of aliphatic hydroxyl groups excluding tert-OH is 1. The Bertz CT molecular complexity index is 735. The van der Waals surface area contributed by atoms with E-state index in [4.69, 9.17) is 16.3 Å². The molecule has 1 N–H and O–H groups in total. The van der Waals surface area contributed by atoms with Crippen molar-refractivity contribution < 1.29 is 14.6 Å². The van der Waals surface area contributed by atoms with Gasteiger partial charge >= 0.3 is 6.09 Å². The van der Waals surface area contributed by atoms with Crippen molar-refractivity contribution in [2.75, 3.05) is 13.2 Å². The SMILES string of the molecule is C[C@@H](c1ccc(Cl)cc1)N1CCC(CCCO)(c2ccccc2)OC1=O. The number of hydrogen-bond acceptors (Lipinski definition) is 3. The van der Waals surface area contributed by atoms with E-state index in [9.17, 15) is 9.90 Å². The molecule has 1 unspecified atom stereocenters. The quantitative estimate of drug-likeness (QED) is 0.782. The summed E-state index contributed by atoms with van der Waals surface area (Å²) < 4.78 is 5.99. The van der Waals surface area contributed by atoms with E-state index < -0.39 is 5.60 Å². The Balaban J connectivity index is 1.80. The molecule has 1 saturated heterocycles. The molecule has 0 spiro atoms. The van der Waals surface area contributed by atoms with E-state index in [1.165, 1.54) is 0 Å². The summed E-state index contributed by atoms with van der Waals surface area (Å²) in [5, 5.41) is 9.95.